The minimum Gasteiger partial charge on any atom is -0.496 e. The number of benzene rings is 2. The highest BCUT2D eigenvalue weighted by molar-refractivity contribution is 6.04. The molecule has 3 N–H and O–H groups in total. The van der Waals surface area contributed by atoms with Gasteiger partial charge in [0.15, 0.2) is 11.7 Å². The number of aryl methyl sites for hydroxylation is 1. The molecule has 0 amide bonds. The summed E-state index contributed by atoms with van der Waals surface area (Å²) in [7, 11) is 1.60. The Morgan fingerprint density at radius 3 is 2.59 bits per heavy atom. The van der Waals surface area contributed by atoms with Crippen molar-refractivity contribution >= 4 is 17.5 Å². The molecule has 1 aromatic heterocycles. The summed E-state index contributed by atoms with van der Waals surface area (Å²) < 4.78 is 24.4. The Hall–Kier alpha value is -3.68. The smallest absolute Gasteiger partial charge is 0.199 e. The van der Waals surface area contributed by atoms with E-state index >= 15 is 0 Å². The molecule has 1 unspecified atom stereocenters. The van der Waals surface area contributed by atoms with Crippen molar-refractivity contribution in [2.45, 2.75) is 46.0 Å². The standard InChI is InChI=1S/C26H32FN5O2/c1-5-7-14-29-25(17(3)18-8-10-19(27)11-9-18)31-26(28)30-21-12-13-22(23(16-21)33-4)24-15-20(6-2)32-34-24/h8-13,15-17H,5-7,14H2,1-4H3,(H3,28,29,30,31). The third kappa shape index (κ3) is 6.43. The van der Waals surface area contributed by atoms with Crippen LogP contribution in [0.5, 0.6) is 5.75 Å². The Labute approximate surface area is 199 Å². The fourth-order valence-corrected chi connectivity index (χ4v) is 3.40. The third-order valence-corrected chi connectivity index (χ3v) is 5.44. The molecule has 8 heteroatoms. The van der Waals surface area contributed by atoms with E-state index in [-0.39, 0.29) is 17.7 Å². The number of hydrogen-bond acceptors (Lipinski definition) is 4. The zero-order chi connectivity index (χ0) is 24.5. The van der Waals surface area contributed by atoms with Gasteiger partial charge in [-0.25, -0.2) is 4.39 Å². The summed E-state index contributed by atoms with van der Waals surface area (Å²) >= 11 is 0. The average molecular weight is 466 g/mol. The number of aromatic nitrogens is 1. The van der Waals surface area contributed by atoms with Gasteiger partial charge in [-0.3, -0.25) is 4.99 Å². The molecule has 0 spiro atoms. The zero-order valence-electron chi connectivity index (χ0n) is 20.1. The maximum absolute atomic E-state index is 13.4. The molecule has 1 heterocycles. The van der Waals surface area contributed by atoms with Crippen LogP contribution in [0.2, 0.25) is 0 Å². The van der Waals surface area contributed by atoms with Crippen molar-refractivity contribution in [3.05, 3.63) is 65.6 Å². The summed E-state index contributed by atoms with van der Waals surface area (Å²) in [5, 5.41) is 7.16. The SMILES string of the molecule is CCCCN=C(N=C(N)Nc1ccc(-c2cc(CC)no2)c(OC)c1)C(C)c1ccc(F)cc1. The van der Waals surface area contributed by atoms with Crippen molar-refractivity contribution in [2.24, 2.45) is 15.7 Å². The van der Waals surface area contributed by atoms with Gasteiger partial charge in [0, 0.05) is 30.3 Å². The second-order valence-electron chi connectivity index (χ2n) is 7.94. The van der Waals surface area contributed by atoms with Crippen molar-refractivity contribution in [1.29, 1.82) is 0 Å². The molecule has 0 saturated carbocycles. The Morgan fingerprint density at radius 2 is 1.94 bits per heavy atom. The van der Waals surface area contributed by atoms with Gasteiger partial charge in [-0.2, -0.15) is 4.99 Å². The van der Waals surface area contributed by atoms with Gasteiger partial charge in [-0.15, -0.1) is 0 Å². The number of aliphatic imine (C=N–C) groups is 2. The van der Waals surface area contributed by atoms with Crippen molar-refractivity contribution in [3.8, 4) is 17.1 Å². The quantitative estimate of drug-likeness (QED) is 0.237. The first-order valence-corrected chi connectivity index (χ1v) is 11.5. The topological polar surface area (TPSA) is 98.0 Å². The number of ether oxygens (including phenoxy) is 1. The van der Waals surface area contributed by atoms with E-state index in [1.54, 1.807) is 19.2 Å². The van der Waals surface area contributed by atoms with Gasteiger partial charge in [0.1, 0.15) is 17.4 Å². The largest absolute Gasteiger partial charge is 0.496 e. The van der Waals surface area contributed by atoms with E-state index in [0.29, 0.717) is 29.6 Å². The molecule has 34 heavy (non-hydrogen) atoms. The second-order valence-corrected chi connectivity index (χ2v) is 7.94. The summed E-state index contributed by atoms with van der Waals surface area (Å²) in [5.41, 5.74) is 9.53. The van der Waals surface area contributed by atoms with Gasteiger partial charge in [-0.1, -0.05) is 44.5 Å². The van der Waals surface area contributed by atoms with Crippen LogP contribution in [0.1, 0.15) is 50.8 Å². The number of guanidine groups is 1. The van der Waals surface area contributed by atoms with Crippen molar-refractivity contribution in [1.82, 2.24) is 5.16 Å². The molecular formula is C26H32FN5O2. The first kappa shape index (κ1) is 25.0. The fourth-order valence-electron chi connectivity index (χ4n) is 3.40. The molecule has 0 aliphatic carbocycles. The van der Waals surface area contributed by atoms with E-state index in [1.807, 2.05) is 38.1 Å². The Kier molecular flexibility index (Phi) is 8.79. The van der Waals surface area contributed by atoms with Gasteiger partial charge in [0.2, 0.25) is 0 Å². The summed E-state index contributed by atoms with van der Waals surface area (Å²) in [6.45, 7) is 6.75. The summed E-state index contributed by atoms with van der Waals surface area (Å²) in [6.07, 6.45) is 2.76. The lowest BCUT2D eigenvalue weighted by molar-refractivity contribution is 0.404. The van der Waals surface area contributed by atoms with Crippen LogP contribution >= 0.6 is 0 Å². The number of halogens is 1. The maximum Gasteiger partial charge on any atom is 0.199 e. The van der Waals surface area contributed by atoms with Crippen LogP contribution in [-0.4, -0.2) is 30.6 Å². The van der Waals surface area contributed by atoms with Crippen LogP contribution in [-0.2, 0) is 6.42 Å². The van der Waals surface area contributed by atoms with Crippen LogP contribution < -0.4 is 15.8 Å². The fraction of sp³-hybridized carbons (Fsp3) is 0.346. The summed E-state index contributed by atoms with van der Waals surface area (Å²) in [4.78, 5) is 9.23. The number of amidine groups is 1. The minimum absolute atomic E-state index is 0.145. The van der Waals surface area contributed by atoms with Crippen LogP contribution in [0.25, 0.3) is 11.3 Å². The van der Waals surface area contributed by atoms with Crippen LogP contribution in [0.15, 0.2) is 63.0 Å². The van der Waals surface area contributed by atoms with E-state index < -0.39 is 0 Å². The molecule has 0 aliphatic rings. The molecule has 0 aliphatic heterocycles. The number of nitrogens with zero attached hydrogens (tertiary/aromatic N) is 3. The number of unbranched alkanes of at least 4 members (excludes halogenated alkanes) is 1. The van der Waals surface area contributed by atoms with E-state index in [2.05, 4.69) is 27.4 Å². The number of rotatable bonds is 9. The van der Waals surface area contributed by atoms with E-state index in [1.165, 1.54) is 12.1 Å². The van der Waals surface area contributed by atoms with Crippen LogP contribution in [0, 0.1) is 5.82 Å². The van der Waals surface area contributed by atoms with Crippen molar-refractivity contribution < 1.29 is 13.7 Å². The van der Waals surface area contributed by atoms with Gasteiger partial charge >= 0.3 is 0 Å². The predicted molar refractivity (Wildman–Crippen MR) is 135 cm³/mol. The molecule has 7 nitrogen and oxygen atoms in total. The first-order chi connectivity index (χ1) is 16.4. The lowest BCUT2D eigenvalue weighted by atomic mass is 10.00. The molecule has 0 fully saturated rings. The first-order valence-electron chi connectivity index (χ1n) is 11.5. The van der Waals surface area contributed by atoms with Gasteiger partial charge in [-0.05, 0) is 42.7 Å². The van der Waals surface area contributed by atoms with Crippen molar-refractivity contribution in [3.63, 3.8) is 0 Å². The zero-order valence-corrected chi connectivity index (χ0v) is 20.1. The molecule has 0 radical (unpaired) electrons. The Balaban J connectivity index is 1.83. The second kappa shape index (κ2) is 12.0. The molecule has 3 aromatic rings. The van der Waals surface area contributed by atoms with Gasteiger partial charge < -0.3 is 20.3 Å². The lowest BCUT2D eigenvalue weighted by Gasteiger charge is -2.14. The minimum atomic E-state index is -0.279. The highest BCUT2D eigenvalue weighted by atomic mass is 19.1. The van der Waals surface area contributed by atoms with Crippen LogP contribution in [0.3, 0.4) is 0 Å². The van der Waals surface area contributed by atoms with E-state index in [4.69, 9.17) is 15.0 Å². The summed E-state index contributed by atoms with van der Waals surface area (Å²) in [6, 6.07) is 13.8. The predicted octanol–water partition coefficient (Wildman–Crippen LogP) is 5.78. The molecule has 1 atom stereocenters. The monoisotopic (exact) mass is 465 g/mol. The third-order valence-electron chi connectivity index (χ3n) is 5.44. The summed E-state index contributed by atoms with van der Waals surface area (Å²) in [5.74, 6) is 1.62. The normalized spacial score (nSPS) is 13.1. The molecular weight excluding hydrogens is 433 g/mol. The maximum atomic E-state index is 13.4. The Bertz CT molecular complexity index is 1140. The molecule has 0 saturated heterocycles. The highest BCUT2D eigenvalue weighted by Crippen LogP contribution is 2.33. The number of nitrogens with one attached hydrogen (secondary N) is 1. The number of anilines is 1. The molecule has 180 valence electrons. The number of nitrogens with two attached hydrogens (primary N) is 1. The van der Waals surface area contributed by atoms with Gasteiger partial charge in [0.25, 0.3) is 0 Å². The lowest BCUT2D eigenvalue weighted by Crippen LogP contribution is -2.25. The highest BCUT2D eigenvalue weighted by Gasteiger charge is 2.15. The van der Waals surface area contributed by atoms with E-state index in [9.17, 15) is 4.39 Å². The molecule has 2 aromatic carbocycles. The number of methoxy groups -OCH3 is 1. The van der Waals surface area contributed by atoms with Crippen molar-refractivity contribution in [2.75, 3.05) is 19.0 Å². The Morgan fingerprint density at radius 1 is 1.18 bits per heavy atom. The van der Waals surface area contributed by atoms with Gasteiger partial charge in [0.05, 0.1) is 18.4 Å². The number of hydrogen-bond donors (Lipinski definition) is 2. The molecule has 0 bridgehead atoms. The van der Waals surface area contributed by atoms with E-state index in [0.717, 1.165) is 36.1 Å². The average Bonchev–Trinajstić information content (AvgIpc) is 3.32. The van der Waals surface area contributed by atoms with Crippen LogP contribution in [0.4, 0.5) is 10.1 Å². The molecule has 3 rings (SSSR count).